The van der Waals surface area contributed by atoms with Gasteiger partial charge in [-0.2, -0.15) is 0 Å². The molecule has 1 heteroatoms. The molecular formula is C72H148P+. The van der Waals surface area contributed by atoms with Gasteiger partial charge in [-0.15, -0.1) is 0 Å². The van der Waals surface area contributed by atoms with Gasteiger partial charge in [0.15, 0.2) is 0 Å². The van der Waals surface area contributed by atoms with E-state index in [2.05, 4.69) is 318 Å². The van der Waals surface area contributed by atoms with Crippen molar-refractivity contribution in [1.29, 1.82) is 0 Å². The fraction of sp³-hybridized carbons (Fsp3) is 1.00. The first kappa shape index (κ1) is 73.4. The molecule has 0 rings (SSSR count). The Bertz CT molecular complexity index is 1750. The van der Waals surface area contributed by atoms with Crippen molar-refractivity contribution >= 4 is 7.26 Å². The smallest absolute Gasteiger partial charge is 0.0596 e. The highest BCUT2D eigenvalue weighted by Crippen LogP contribution is 2.78. The van der Waals surface area contributed by atoms with E-state index in [1.807, 2.05) is 0 Å². The Kier molecular flexibility index (Phi) is 19.7. The van der Waals surface area contributed by atoms with Crippen LogP contribution in [0.4, 0.5) is 0 Å². The molecule has 73 heavy (non-hydrogen) atoms. The average molecular weight is 1040 g/mol. The summed E-state index contributed by atoms with van der Waals surface area (Å²) in [5, 5.41) is 0. The van der Waals surface area contributed by atoms with Gasteiger partial charge in [0.1, 0.15) is 0 Å². The van der Waals surface area contributed by atoms with E-state index in [1.165, 1.54) is 31.1 Å². The lowest BCUT2D eigenvalue weighted by Gasteiger charge is -2.72. The Labute approximate surface area is 468 Å². The minimum absolute atomic E-state index is 0.00808. The van der Waals surface area contributed by atoms with Crippen LogP contribution in [0.25, 0.3) is 0 Å². The minimum atomic E-state index is -1.77. The molecule has 0 saturated heterocycles. The molecule has 0 aromatic rings. The predicted octanol–water partition coefficient (Wildman–Crippen LogP) is 25.0. The fourth-order valence-electron chi connectivity index (χ4n) is 15.4. The van der Waals surface area contributed by atoms with Crippen LogP contribution in [0.2, 0.25) is 0 Å². The van der Waals surface area contributed by atoms with Crippen LogP contribution in [0.3, 0.4) is 0 Å². The summed E-state index contributed by atoms with van der Waals surface area (Å²) in [6.07, 6.45) is 6.56. The van der Waals surface area contributed by atoms with E-state index in [9.17, 15) is 0 Å². The fourth-order valence-corrected chi connectivity index (χ4v) is 23.5. The Balaban J connectivity index is 8.59. The molecule has 0 fully saturated rings. The summed E-state index contributed by atoms with van der Waals surface area (Å²) in [7, 11) is -1.77. The Morgan fingerprint density at radius 2 is 0.315 bits per heavy atom. The van der Waals surface area contributed by atoms with Crippen molar-refractivity contribution in [2.45, 2.75) is 325 Å². The Morgan fingerprint density at radius 1 is 0.164 bits per heavy atom. The lowest BCUT2D eigenvalue weighted by Crippen LogP contribution is -2.66. The van der Waals surface area contributed by atoms with Gasteiger partial charge in [-0.1, -0.05) is 318 Å². The van der Waals surface area contributed by atoms with E-state index < -0.39 is 7.26 Å². The number of hydrogen-bond acceptors (Lipinski definition) is 0. The van der Waals surface area contributed by atoms with Gasteiger partial charge in [-0.05, 0) is 104 Å². The number of hydrogen-bond donors (Lipinski definition) is 0. The zero-order chi connectivity index (χ0) is 60.5. The highest BCUT2D eigenvalue weighted by molar-refractivity contribution is 7.76. The van der Waals surface area contributed by atoms with Crippen molar-refractivity contribution in [2.24, 2.45) is 114 Å². The van der Waals surface area contributed by atoms with Gasteiger partial charge in [0, 0.05) is 23.5 Å². The van der Waals surface area contributed by atoms with E-state index in [0.717, 1.165) is 0 Å². The maximum atomic E-state index is 2.71. The highest BCUT2D eigenvalue weighted by atomic mass is 31.2. The summed E-state index contributed by atoms with van der Waals surface area (Å²) in [6, 6.07) is 0. The van der Waals surface area contributed by atoms with Gasteiger partial charge in [0.2, 0.25) is 0 Å². The van der Waals surface area contributed by atoms with Gasteiger partial charge < -0.3 is 0 Å². The largest absolute Gasteiger partial charge is 0.0650 e. The zero-order valence-electron chi connectivity index (χ0n) is 60.5. The molecule has 0 aromatic heterocycles. The van der Waals surface area contributed by atoms with Crippen LogP contribution in [0, 0.1) is 114 Å². The maximum Gasteiger partial charge on any atom is 0.0650 e. The van der Waals surface area contributed by atoms with Crippen LogP contribution in [-0.2, 0) is 0 Å². The summed E-state index contributed by atoms with van der Waals surface area (Å²) in [6.45, 7) is 120. The van der Waals surface area contributed by atoms with Crippen LogP contribution in [0.1, 0.15) is 325 Å². The van der Waals surface area contributed by atoms with Crippen molar-refractivity contribution in [2.75, 3.05) is 24.6 Å². The van der Waals surface area contributed by atoms with Crippen molar-refractivity contribution < 1.29 is 0 Å². The van der Waals surface area contributed by atoms with Crippen LogP contribution in [0.5, 0.6) is 0 Å². The van der Waals surface area contributed by atoms with Crippen LogP contribution >= 0.6 is 7.26 Å². The average Bonchev–Trinajstić information content (AvgIpc) is 3.10. The van der Waals surface area contributed by atoms with E-state index >= 15 is 0 Å². The molecule has 0 amide bonds. The van der Waals surface area contributed by atoms with E-state index in [4.69, 9.17) is 0 Å². The van der Waals surface area contributed by atoms with Crippen molar-refractivity contribution in [3.8, 4) is 0 Å². The first-order chi connectivity index (χ1) is 30.6. The van der Waals surface area contributed by atoms with Crippen LogP contribution in [0.15, 0.2) is 0 Å². The predicted molar refractivity (Wildman–Crippen MR) is 343 cm³/mol. The molecule has 0 spiro atoms. The Morgan fingerprint density at radius 3 is 0.479 bits per heavy atom. The van der Waals surface area contributed by atoms with E-state index in [0.29, 0.717) is 0 Å². The monoisotopic (exact) mass is 1040 g/mol. The molecule has 440 valence electrons. The van der Waals surface area contributed by atoms with E-state index in [-0.39, 0.29) is 114 Å². The highest BCUT2D eigenvalue weighted by Gasteiger charge is 2.70. The third kappa shape index (κ3) is 11.3. The summed E-state index contributed by atoms with van der Waals surface area (Å²) in [4.78, 5) is 0. The molecule has 0 atom stereocenters. The standard InChI is InChI=1S/C72H148P/c1-52(2,3)60(21,22)57(15,16)49-73(50-58(17,18)61(23,24)53(4,5)6,51-59(19,20)62(25,26)54(7,8)9)48-47-56(13,14)64(29,30)66(33,34)68(37,38)70(41,42)72(45,46)71(43,44)69(39,40)67(35,36)65(31,32)63(27,28)55(10,11)12/h47-51H2,1-46H3/q+1. The van der Waals surface area contributed by atoms with Gasteiger partial charge in [-0.3, -0.25) is 0 Å². The molecule has 0 aliphatic carbocycles. The second-order valence-corrected chi connectivity index (χ2v) is 44.0. The zero-order valence-corrected chi connectivity index (χ0v) is 61.4. The Hall–Kier alpha value is 0.430. The molecule has 0 aliphatic heterocycles. The lowest BCUT2D eigenvalue weighted by atomic mass is 9.32. The third-order valence-electron chi connectivity index (χ3n) is 31.7. The quantitative estimate of drug-likeness (QED) is 0.0948. The van der Waals surface area contributed by atoms with Crippen LogP contribution < -0.4 is 0 Å². The molecule has 0 N–H and O–H groups in total. The first-order valence-electron chi connectivity index (χ1n) is 30.4. The number of rotatable bonds is 22. The SMILES string of the molecule is CC(C)(C)C(C)(C)C(C)(C)C[P+](CCC(C)(C)C(C)(C)C(C)(C)C(C)(C)C(C)(C)C(C)(C)C(C)(C)C(C)(C)C(C)(C)C(C)(C)C(C)(C)C(C)(C)C)(CC(C)(C)C(C)(C)C(C)(C)C)CC(C)(C)C(C)(C)C(C)(C)C. The first-order valence-corrected chi connectivity index (χ1v) is 33.0. The summed E-state index contributed by atoms with van der Waals surface area (Å²) >= 11 is 0. The van der Waals surface area contributed by atoms with Crippen molar-refractivity contribution in [3.63, 3.8) is 0 Å². The lowest BCUT2D eigenvalue weighted by molar-refractivity contribution is -0.244. The van der Waals surface area contributed by atoms with Gasteiger partial charge in [-0.25, -0.2) is 0 Å². The normalized spacial score (nSPS) is 17.2. The molecule has 0 unspecified atom stereocenters. The van der Waals surface area contributed by atoms with E-state index in [1.54, 1.807) is 0 Å². The minimum Gasteiger partial charge on any atom is -0.0596 e. The molecular weight excluding hydrogens is 896 g/mol. The molecule has 0 bridgehead atoms. The van der Waals surface area contributed by atoms with Gasteiger partial charge >= 0.3 is 0 Å². The molecule has 0 saturated carbocycles. The topological polar surface area (TPSA) is 0 Å². The van der Waals surface area contributed by atoms with Crippen molar-refractivity contribution in [1.82, 2.24) is 0 Å². The van der Waals surface area contributed by atoms with Crippen molar-refractivity contribution in [3.05, 3.63) is 0 Å². The van der Waals surface area contributed by atoms with Gasteiger partial charge in [0.05, 0.1) is 24.6 Å². The maximum absolute atomic E-state index is 2.71. The third-order valence-corrected chi connectivity index (χ3v) is 37.3. The second-order valence-electron chi connectivity index (χ2n) is 40.0. The summed E-state index contributed by atoms with van der Waals surface area (Å²) in [5.41, 5.74) is 1.41. The van der Waals surface area contributed by atoms with Crippen LogP contribution in [-0.4, -0.2) is 24.6 Å². The van der Waals surface area contributed by atoms with Gasteiger partial charge in [0.25, 0.3) is 0 Å². The molecule has 0 heterocycles. The summed E-state index contributed by atoms with van der Waals surface area (Å²) < 4.78 is 0. The molecule has 0 radical (unpaired) electrons. The molecule has 0 aliphatic rings. The molecule has 0 nitrogen and oxygen atoms in total. The molecule has 0 aromatic carbocycles. The summed E-state index contributed by atoms with van der Waals surface area (Å²) in [5.74, 6) is 0. The second kappa shape index (κ2) is 19.6.